The van der Waals surface area contributed by atoms with E-state index in [4.69, 9.17) is 4.74 Å². The van der Waals surface area contributed by atoms with Gasteiger partial charge in [0.1, 0.15) is 12.4 Å². The first-order valence-corrected chi connectivity index (χ1v) is 9.94. The third-order valence-electron chi connectivity index (χ3n) is 5.16. The van der Waals surface area contributed by atoms with Gasteiger partial charge in [0.25, 0.3) is 0 Å². The van der Waals surface area contributed by atoms with Gasteiger partial charge in [-0.25, -0.2) is 4.79 Å². The molecule has 2 aromatic rings. The number of pyridine rings is 1. The summed E-state index contributed by atoms with van der Waals surface area (Å²) in [5, 5.41) is 0. The number of halogens is 3. The highest BCUT2D eigenvalue weighted by atomic mass is 19.4. The van der Waals surface area contributed by atoms with Crippen molar-refractivity contribution in [1.29, 1.82) is 0 Å². The van der Waals surface area contributed by atoms with Crippen molar-refractivity contribution in [1.82, 2.24) is 9.88 Å². The number of ether oxygens (including phenoxy) is 2. The summed E-state index contributed by atoms with van der Waals surface area (Å²) in [5.41, 5.74) is 2.78. The highest BCUT2D eigenvalue weighted by Gasteiger charge is 2.40. The molecule has 30 heavy (non-hydrogen) atoms. The number of benzene rings is 1. The summed E-state index contributed by atoms with van der Waals surface area (Å²) in [6.45, 7) is 1.44. The lowest BCUT2D eigenvalue weighted by molar-refractivity contribution is -0.199. The van der Waals surface area contributed by atoms with Crippen LogP contribution in [0.4, 0.5) is 13.2 Å². The predicted octanol–water partition coefficient (Wildman–Crippen LogP) is 4.26. The van der Waals surface area contributed by atoms with Crippen molar-refractivity contribution in [3.05, 3.63) is 48.3 Å². The molecule has 0 unspecified atom stereocenters. The number of hydrogen-bond donors (Lipinski definition) is 0. The van der Waals surface area contributed by atoms with E-state index >= 15 is 0 Å². The lowest BCUT2D eigenvalue weighted by Crippen LogP contribution is -2.30. The Labute approximate surface area is 173 Å². The average Bonchev–Trinajstić information content (AvgIpc) is 3.14. The van der Waals surface area contributed by atoms with E-state index in [1.807, 2.05) is 30.3 Å². The van der Waals surface area contributed by atoms with Crippen LogP contribution in [0.5, 0.6) is 5.75 Å². The molecule has 0 aliphatic carbocycles. The topological polar surface area (TPSA) is 51.7 Å². The molecule has 162 valence electrons. The van der Waals surface area contributed by atoms with Crippen molar-refractivity contribution in [2.24, 2.45) is 0 Å². The van der Waals surface area contributed by atoms with Crippen molar-refractivity contribution < 1.29 is 27.4 Å². The van der Waals surface area contributed by atoms with Crippen LogP contribution in [0, 0.1) is 0 Å². The number of aryl methyl sites for hydroxylation is 1. The lowest BCUT2D eigenvalue weighted by Gasteiger charge is -2.19. The number of esters is 1. The zero-order chi connectivity index (χ0) is 21.6. The zero-order valence-electron chi connectivity index (χ0n) is 16.8. The first-order chi connectivity index (χ1) is 14.3. The van der Waals surface area contributed by atoms with E-state index in [-0.39, 0.29) is 6.61 Å². The van der Waals surface area contributed by atoms with Crippen LogP contribution < -0.4 is 4.74 Å². The molecule has 0 bridgehead atoms. The van der Waals surface area contributed by atoms with Crippen LogP contribution in [0.25, 0.3) is 11.1 Å². The molecule has 1 atom stereocenters. The summed E-state index contributed by atoms with van der Waals surface area (Å²) >= 11 is 0. The molecule has 1 fully saturated rings. The number of alkyl halides is 3. The second kappa shape index (κ2) is 9.93. The summed E-state index contributed by atoms with van der Waals surface area (Å²) in [4.78, 5) is 17.3. The van der Waals surface area contributed by atoms with Crippen molar-refractivity contribution in [3.8, 4) is 16.9 Å². The number of carbonyl (C=O) groups is 1. The predicted molar refractivity (Wildman–Crippen MR) is 106 cm³/mol. The third-order valence-corrected chi connectivity index (χ3v) is 5.16. The Morgan fingerprint density at radius 2 is 2.07 bits per heavy atom. The molecule has 3 rings (SSSR count). The molecule has 1 aromatic carbocycles. The number of carbonyl (C=O) groups excluding carboxylic acids is 1. The summed E-state index contributed by atoms with van der Waals surface area (Å²) < 4.78 is 46.6. The van der Waals surface area contributed by atoms with Gasteiger partial charge in [0.2, 0.25) is 0 Å². The summed E-state index contributed by atoms with van der Waals surface area (Å²) in [6, 6.07) is 10.0. The molecule has 2 heterocycles. The Hall–Kier alpha value is -2.61. The molecule has 1 aliphatic heterocycles. The first kappa shape index (κ1) is 22.1. The molecule has 1 aromatic heterocycles. The Morgan fingerprint density at radius 1 is 1.23 bits per heavy atom. The standard InChI is InChI=1S/C22H25F3N2O3/c1-27-9-3-8-19(27)15-30-20-12-18(13-26-14-20)17-7-2-5-16(11-17)6-4-10-29-21(28)22(23,24)25/h2,5,7,11-14,19H,3-4,6,8-10,15H2,1H3/t19-/m0/s1. The van der Waals surface area contributed by atoms with E-state index in [2.05, 4.69) is 21.7 Å². The molecule has 0 spiro atoms. The maximum Gasteiger partial charge on any atom is 0.490 e. The second-order valence-electron chi connectivity index (χ2n) is 7.43. The number of aromatic nitrogens is 1. The van der Waals surface area contributed by atoms with Gasteiger partial charge in [-0.1, -0.05) is 24.3 Å². The molecule has 1 saturated heterocycles. The van der Waals surface area contributed by atoms with Gasteiger partial charge in [-0.3, -0.25) is 4.98 Å². The Kier molecular flexibility index (Phi) is 7.31. The van der Waals surface area contributed by atoms with Crippen LogP contribution in [-0.2, 0) is 16.0 Å². The molecule has 8 heteroatoms. The minimum Gasteiger partial charge on any atom is -0.490 e. The lowest BCUT2D eigenvalue weighted by atomic mass is 10.0. The van der Waals surface area contributed by atoms with E-state index in [1.165, 1.54) is 6.42 Å². The van der Waals surface area contributed by atoms with Gasteiger partial charge in [0.05, 0.1) is 12.8 Å². The molecule has 0 radical (unpaired) electrons. The summed E-state index contributed by atoms with van der Waals surface area (Å²) in [5.74, 6) is -1.44. The fourth-order valence-corrected chi connectivity index (χ4v) is 3.47. The summed E-state index contributed by atoms with van der Waals surface area (Å²) in [7, 11) is 2.10. The molecule has 1 aliphatic rings. The molecule has 0 saturated carbocycles. The van der Waals surface area contributed by atoms with Gasteiger partial charge in [-0.15, -0.1) is 0 Å². The monoisotopic (exact) mass is 422 g/mol. The van der Waals surface area contributed by atoms with Gasteiger partial charge < -0.3 is 14.4 Å². The summed E-state index contributed by atoms with van der Waals surface area (Å²) in [6.07, 6.45) is 1.61. The smallest absolute Gasteiger partial charge is 0.490 e. The fraction of sp³-hybridized carbons (Fsp3) is 0.455. The van der Waals surface area contributed by atoms with Crippen LogP contribution in [0.1, 0.15) is 24.8 Å². The largest absolute Gasteiger partial charge is 0.490 e. The van der Waals surface area contributed by atoms with Crippen molar-refractivity contribution in [3.63, 3.8) is 0 Å². The molecular formula is C22H25F3N2O3. The maximum atomic E-state index is 12.1. The highest BCUT2D eigenvalue weighted by molar-refractivity contribution is 5.75. The van der Waals surface area contributed by atoms with E-state index in [9.17, 15) is 18.0 Å². The number of likely N-dealkylation sites (N-methyl/N-ethyl adjacent to an activating group) is 1. The number of hydrogen-bond acceptors (Lipinski definition) is 5. The highest BCUT2D eigenvalue weighted by Crippen LogP contribution is 2.25. The minimum absolute atomic E-state index is 0.275. The van der Waals surface area contributed by atoms with Crippen molar-refractivity contribution >= 4 is 5.97 Å². The Bertz CT molecular complexity index is 858. The van der Waals surface area contributed by atoms with Crippen LogP contribution in [0.2, 0.25) is 0 Å². The van der Waals surface area contributed by atoms with E-state index in [0.29, 0.717) is 31.2 Å². The molecule has 0 amide bonds. The van der Waals surface area contributed by atoms with Crippen LogP contribution in [0.3, 0.4) is 0 Å². The first-order valence-electron chi connectivity index (χ1n) is 9.94. The molecule has 0 N–H and O–H groups in total. The average molecular weight is 422 g/mol. The third kappa shape index (κ3) is 6.19. The van der Waals surface area contributed by atoms with Gasteiger partial charge >= 0.3 is 12.1 Å². The van der Waals surface area contributed by atoms with Crippen molar-refractivity contribution in [2.45, 2.75) is 37.9 Å². The fourth-order valence-electron chi connectivity index (χ4n) is 3.47. The van der Waals surface area contributed by atoms with E-state index < -0.39 is 12.1 Å². The second-order valence-corrected chi connectivity index (χ2v) is 7.43. The maximum absolute atomic E-state index is 12.1. The van der Waals surface area contributed by atoms with Gasteiger partial charge in [-0.2, -0.15) is 13.2 Å². The number of nitrogens with zero attached hydrogens (tertiary/aromatic N) is 2. The van der Waals surface area contributed by atoms with E-state index in [1.54, 1.807) is 12.4 Å². The van der Waals surface area contributed by atoms with Crippen molar-refractivity contribution in [2.75, 3.05) is 26.8 Å². The minimum atomic E-state index is -4.95. The quantitative estimate of drug-likeness (QED) is 0.470. The van der Waals surface area contributed by atoms with E-state index in [0.717, 1.165) is 29.7 Å². The Morgan fingerprint density at radius 3 is 2.80 bits per heavy atom. The van der Waals surface area contributed by atoms with Gasteiger partial charge in [-0.05, 0) is 56.5 Å². The number of rotatable bonds is 8. The van der Waals surface area contributed by atoms with Crippen LogP contribution in [0.15, 0.2) is 42.7 Å². The van der Waals surface area contributed by atoms with Gasteiger partial charge in [0.15, 0.2) is 0 Å². The van der Waals surface area contributed by atoms with Gasteiger partial charge in [0, 0.05) is 17.8 Å². The Balaban J connectivity index is 1.55. The molecule has 5 nitrogen and oxygen atoms in total. The number of likely N-dealkylation sites (tertiary alicyclic amines) is 1. The van der Waals surface area contributed by atoms with Crippen LogP contribution >= 0.6 is 0 Å². The molecular weight excluding hydrogens is 397 g/mol. The normalized spacial score (nSPS) is 17.1. The SMILES string of the molecule is CN1CCC[C@H]1COc1cncc(-c2cccc(CCCOC(=O)C(F)(F)F)c2)c1. The van der Waals surface area contributed by atoms with Crippen LogP contribution in [-0.4, -0.2) is 54.9 Å². The zero-order valence-corrected chi connectivity index (χ0v) is 16.8.